The number of ether oxygens (including phenoxy) is 1. The molecule has 2 aromatic heterocycles. The van der Waals surface area contributed by atoms with Crippen LogP contribution in [0.15, 0.2) is 60.9 Å². The van der Waals surface area contributed by atoms with Gasteiger partial charge >= 0.3 is 0 Å². The summed E-state index contributed by atoms with van der Waals surface area (Å²) in [6.07, 6.45) is 5.96. The minimum absolute atomic E-state index is 0.0247. The molecule has 3 heterocycles. The molecule has 4 aromatic rings. The number of carbonyl (C=O) groups is 1. The van der Waals surface area contributed by atoms with E-state index in [1.54, 1.807) is 13.3 Å². The smallest absolute Gasteiger partial charge is 0.241 e. The van der Waals surface area contributed by atoms with Crippen LogP contribution in [-0.2, 0) is 4.79 Å². The molecule has 1 aliphatic heterocycles. The summed E-state index contributed by atoms with van der Waals surface area (Å²) in [5.41, 5.74) is 4.18. The van der Waals surface area contributed by atoms with Crippen molar-refractivity contribution in [3.05, 3.63) is 66.5 Å². The van der Waals surface area contributed by atoms with E-state index < -0.39 is 0 Å². The summed E-state index contributed by atoms with van der Waals surface area (Å²) in [5, 5.41) is 5.31. The molecule has 1 amide bonds. The molecule has 0 saturated carbocycles. The van der Waals surface area contributed by atoms with E-state index in [0.717, 1.165) is 53.8 Å². The van der Waals surface area contributed by atoms with Gasteiger partial charge in [0.1, 0.15) is 5.75 Å². The minimum Gasteiger partial charge on any atom is -0.497 e. The van der Waals surface area contributed by atoms with Crippen LogP contribution >= 0.6 is 0 Å². The molecular formula is C26H28N4O2. The van der Waals surface area contributed by atoms with E-state index >= 15 is 0 Å². The van der Waals surface area contributed by atoms with E-state index in [4.69, 9.17) is 4.74 Å². The fraction of sp³-hybridized carbons (Fsp3) is 0.308. The molecule has 1 unspecified atom stereocenters. The summed E-state index contributed by atoms with van der Waals surface area (Å²) in [7, 11) is 1.70. The fourth-order valence-electron chi connectivity index (χ4n) is 4.80. The third-order valence-electron chi connectivity index (χ3n) is 6.72. The Bertz CT molecular complexity index is 1250. The van der Waals surface area contributed by atoms with Gasteiger partial charge in [0, 0.05) is 28.7 Å². The van der Waals surface area contributed by atoms with Crippen molar-refractivity contribution in [1.82, 2.24) is 14.9 Å². The lowest BCUT2D eigenvalue weighted by molar-refractivity contribution is -0.121. The molecule has 32 heavy (non-hydrogen) atoms. The maximum Gasteiger partial charge on any atom is 0.241 e. The maximum absolute atomic E-state index is 13.0. The number of nitrogens with one attached hydrogen (secondary N) is 2. The second-order valence-electron chi connectivity index (χ2n) is 8.51. The van der Waals surface area contributed by atoms with Gasteiger partial charge in [-0.3, -0.25) is 14.7 Å². The molecular weight excluding hydrogens is 400 g/mol. The molecule has 2 aromatic carbocycles. The zero-order valence-corrected chi connectivity index (χ0v) is 18.5. The largest absolute Gasteiger partial charge is 0.497 e. The summed E-state index contributed by atoms with van der Waals surface area (Å²) >= 11 is 0. The lowest BCUT2D eigenvalue weighted by Crippen LogP contribution is -2.45. The van der Waals surface area contributed by atoms with Gasteiger partial charge in [-0.15, -0.1) is 0 Å². The van der Waals surface area contributed by atoms with Gasteiger partial charge in [-0.05, 0) is 86.8 Å². The highest BCUT2D eigenvalue weighted by Crippen LogP contribution is 2.35. The third-order valence-corrected chi connectivity index (χ3v) is 6.72. The van der Waals surface area contributed by atoms with Gasteiger partial charge in [0.2, 0.25) is 5.91 Å². The topological polar surface area (TPSA) is 70.2 Å². The Labute approximate surface area is 187 Å². The number of anilines is 1. The first-order valence-corrected chi connectivity index (χ1v) is 11.2. The highest BCUT2D eigenvalue weighted by Gasteiger charge is 2.28. The van der Waals surface area contributed by atoms with Crippen molar-refractivity contribution < 1.29 is 9.53 Å². The summed E-state index contributed by atoms with van der Waals surface area (Å²) in [4.78, 5) is 23.1. The summed E-state index contributed by atoms with van der Waals surface area (Å²) in [6.45, 7) is 3.79. The molecule has 0 bridgehead atoms. The number of pyridine rings is 1. The third kappa shape index (κ3) is 3.82. The molecule has 6 nitrogen and oxygen atoms in total. The van der Waals surface area contributed by atoms with Gasteiger partial charge in [0.15, 0.2) is 0 Å². The van der Waals surface area contributed by atoms with Crippen LogP contribution in [0.3, 0.4) is 0 Å². The van der Waals surface area contributed by atoms with Crippen molar-refractivity contribution in [3.8, 4) is 5.75 Å². The van der Waals surface area contributed by atoms with Crippen LogP contribution < -0.4 is 10.1 Å². The van der Waals surface area contributed by atoms with Crippen LogP contribution in [0.2, 0.25) is 0 Å². The van der Waals surface area contributed by atoms with Gasteiger partial charge in [-0.25, -0.2) is 0 Å². The normalized spacial score (nSPS) is 16.3. The average Bonchev–Trinajstić information content (AvgIpc) is 3.27. The molecule has 0 spiro atoms. The van der Waals surface area contributed by atoms with Crippen LogP contribution in [-0.4, -0.2) is 47.0 Å². The van der Waals surface area contributed by atoms with Crippen LogP contribution in [0, 0.1) is 0 Å². The molecule has 1 aliphatic rings. The Morgan fingerprint density at radius 3 is 2.81 bits per heavy atom. The van der Waals surface area contributed by atoms with Crippen molar-refractivity contribution in [2.75, 3.05) is 25.5 Å². The molecule has 6 heteroatoms. The highest BCUT2D eigenvalue weighted by atomic mass is 16.5. The van der Waals surface area contributed by atoms with E-state index in [-0.39, 0.29) is 11.9 Å². The van der Waals surface area contributed by atoms with Gasteiger partial charge in [-0.2, -0.15) is 0 Å². The van der Waals surface area contributed by atoms with Gasteiger partial charge in [-0.1, -0.05) is 6.07 Å². The number of aromatic nitrogens is 2. The van der Waals surface area contributed by atoms with E-state index in [2.05, 4.69) is 38.5 Å². The second-order valence-corrected chi connectivity index (χ2v) is 8.51. The van der Waals surface area contributed by atoms with Crippen molar-refractivity contribution >= 4 is 33.4 Å². The number of H-pyrrole nitrogens is 1. The molecule has 1 saturated heterocycles. The number of piperidine rings is 1. The number of hydrogen-bond donors (Lipinski definition) is 2. The molecule has 0 radical (unpaired) electrons. The highest BCUT2D eigenvalue weighted by molar-refractivity contribution is 6.02. The predicted molar refractivity (Wildman–Crippen MR) is 128 cm³/mol. The summed E-state index contributed by atoms with van der Waals surface area (Å²) in [6, 6.07) is 15.7. The zero-order valence-electron chi connectivity index (χ0n) is 18.5. The SMILES string of the molecule is COc1ccc2[nH]cc(C3CCN(C(C)C(=O)Nc4cccc5ncccc45)CC3)c2c1. The van der Waals surface area contributed by atoms with E-state index in [1.807, 2.05) is 43.3 Å². The number of aromatic amines is 1. The molecule has 1 atom stereocenters. The summed E-state index contributed by atoms with van der Waals surface area (Å²) < 4.78 is 5.41. The average molecular weight is 429 g/mol. The monoisotopic (exact) mass is 428 g/mol. The van der Waals surface area contributed by atoms with Crippen molar-refractivity contribution in [2.45, 2.75) is 31.7 Å². The molecule has 164 valence electrons. The maximum atomic E-state index is 13.0. The number of methoxy groups -OCH3 is 1. The number of nitrogens with zero attached hydrogens (tertiary/aromatic N) is 2. The van der Waals surface area contributed by atoms with E-state index in [9.17, 15) is 4.79 Å². The molecule has 2 N–H and O–H groups in total. The lowest BCUT2D eigenvalue weighted by Gasteiger charge is -2.35. The number of benzene rings is 2. The van der Waals surface area contributed by atoms with E-state index in [1.165, 1.54) is 10.9 Å². The van der Waals surface area contributed by atoms with E-state index in [0.29, 0.717) is 5.92 Å². The van der Waals surface area contributed by atoms with Crippen LogP contribution in [0.25, 0.3) is 21.8 Å². The van der Waals surface area contributed by atoms with Gasteiger partial charge in [0.05, 0.1) is 24.4 Å². The Kier molecular flexibility index (Phi) is 5.53. The van der Waals surface area contributed by atoms with Crippen LogP contribution in [0.4, 0.5) is 5.69 Å². The standard InChI is InChI=1S/C26H28N4O2/c1-17(26(31)29-25-7-3-6-23-20(25)5-4-12-27-23)30-13-10-18(11-14-30)22-16-28-24-9-8-19(32-2)15-21(22)24/h3-9,12,15-18,28H,10-11,13-14H2,1-2H3,(H,29,31). The number of fused-ring (bicyclic) bond motifs is 2. The first-order valence-electron chi connectivity index (χ1n) is 11.2. The first kappa shape index (κ1) is 20.5. The second kappa shape index (κ2) is 8.63. The van der Waals surface area contributed by atoms with Gasteiger partial charge in [0.25, 0.3) is 0 Å². The van der Waals surface area contributed by atoms with Crippen LogP contribution in [0.5, 0.6) is 5.75 Å². The number of hydrogen-bond acceptors (Lipinski definition) is 4. The Hall–Kier alpha value is -3.38. The molecule has 5 rings (SSSR count). The number of rotatable bonds is 5. The molecule has 0 aliphatic carbocycles. The zero-order chi connectivity index (χ0) is 22.1. The number of likely N-dealkylation sites (tertiary alicyclic amines) is 1. The van der Waals surface area contributed by atoms with Crippen molar-refractivity contribution in [3.63, 3.8) is 0 Å². The Balaban J connectivity index is 1.25. The van der Waals surface area contributed by atoms with Crippen molar-refractivity contribution in [1.29, 1.82) is 0 Å². The Morgan fingerprint density at radius 1 is 1.16 bits per heavy atom. The lowest BCUT2D eigenvalue weighted by atomic mass is 9.88. The Morgan fingerprint density at radius 2 is 2.00 bits per heavy atom. The minimum atomic E-state index is -0.189. The summed E-state index contributed by atoms with van der Waals surface area (Å²) in [5.74, 6) is 1.38. The number of carbonyl (C=O) groups excluding carboxylic acids is 1. The van der Waals surface area contributed by atoms with Crippen molar-refractivity contribution in [2.24, 2.45) is 0 Å². The fourth-order valence-corrected chi connectivity index (χ4v) is 4.80. The van der Waals surface area contributed by atoms with Gasteiger partial charge < -0.3 is 15.0 Å². The first-order chi connectivity index (χ1) is 15.6. The molecule has 1 fully saturated rings. The number of amides is 1. The predicted octanol–water partition coefficient (Wildman–Crippen LogP) is 4.93. The quantitative estimate of drug-likeness (QED) is 0.473. The van der Waals surface area contributed by atoms with Crippen LogP contribution in [0.1, 0.15) is 31.2 Å².